The Labute approximate surface area is 190 Å². The Bertz CT molecular complexity index is 982. The maximum atomic E-state index is 12.7. The first-order valence-corrected chi connectivity index (χ1v) is 12.9. The van der Waals surface area contributed by atoms with Crippen molar-refractivity contribution in [2.24, 2.45) is 5.92 Å². The third-order valence-electron chi connectivity index (χ3n) is 6.30. The topological polar surface area (TPSA) is 95.5 Å². The quantitative estimate of drug-likeness (QED) is 0.716. The van der Waals surface area contributed by atoms with Crippen LogP contribution < -0.4 is 10.2 Å². The van der Waals surface area contributed by atoms with Gasteiger partial charge in [0.05, 0.1) is 0 Å². The number of pyridine rings is 2. The lowest BCUT2D eigenvalue weighted by Gasteiger charge is -2.30. The molecule has 1 N–H and O–H groups in total. The molecule has 2 aromatic rings. The van der Waals surface area contributed by atoms with Crippen molar-refractivity contribution in [3.05, 3.63) is 48.4 Å². The number of carbonyl (C=O) groups is 1. The van der Waals surface area contributed by atoms with E-state index in [1.165, 1.54) is 36.2 Å². The summed E-state index contributed by atoms with van der Waals surface area (Å²) in [5.74, 6) is 0.795. The van der Waals surface area contributed by atoms with Crippen LogP contribution in [-0.2, 0) is 21.4 Å². The highest BCUT2D eigenvalue weighted by Crippen LogP contribution is 2.24. The predicted molar refractivity (Wildman–Crippen MR) is 122 cm³/mol. The molecule has 8 nitrogen and oxygen atoms in total. The molecule has 4 heterocycles. The molecule has 0 saturated carbocycles. The maximum absolute atomic E-state index is 12.7. The molecule has 0 atom stereocenters. The van der Waals surface area contributed by atoms with Crippen LogP contribution in [0.2, 0.25) is 0 Å². The fourth-order valence-electron chi connectivity index (χ4n) is 4.35. The normalized spacial score (nSPS) is 18.8. The minimum Gasteiger partial charge on any atom is -0.357 e. The number of nitrogens with zero attached hydrogens (tertiary/aromatic N) is 4. The van der Waals surface area contributed by atoms with Crippen LogP contribution in [0.5, 0.6) is 0 Å². The molecule has 2 saturated heterocycles. The van der Waals surface area contributed by atoms with Crippen molar-refractivity contribution in [3.8, 4) is 0 Å². The summed E-state index contributed by atoms with van der Waals surface area (Å²) in [6.45, 7) is 3.21. The van der Waals surface area contributed by atoms with Crippen molar-refractivity contribution in [3.63, 3.8) is 0 Å². The van der Waals surface area contributed by atoms with Gasteiger partial charge in [0.25, 0.3) is 0 Å². The number of carbonyl (C=O) groups excluding carboxylic acids is 1. The van der Waals surface area contributed by atoms with Gasteiger partial charge in [0.15, 0.2) is 0 Å². The van der Waals surface area contributed by atoms with Gasteiger partial charge in [-0.25, -0.2) is 13.4 Å². The minimum atomic E-state index is -3.56. The van der Waals surface area contributed by atoms with E-state index in [9.17, 15) is 13.2 Å². The number of sulfonamides is 1. The molecule has 2 aliphatic rings. The number of amides is 1. The number of hydrogen-bond acceptors (Lipinski definition) is 6. The van der Waals surface area contributed by atoms with E-state index in [-0.39, 0.29) is 16.7 Å². The van der Waals surface area contributed by atoms with Crippen LogP contribution >= 0.6 is 0 Å². The first-order valence-electron chi connectivity index (χ1n) is 11.4. The number of nitrogens with one attached hydrogen (secondary N) is 1. The Morgan fingerprint density at radius 1 is 1.00 bits per heavy atom. The molecule has 0 aliphatic carbocycles. The molecule has 0 unspecified atom stereocenters. The molecule has 0 radical (unpaired) electrons. The lowest BCUT2D eigenvalue weighted by atomic mass is 9.97. The predicted octanol–water partition coefficient (Wildman–Crippen LogP) is 2.57. The highest BCUT2D eigenvalue weighted by Gasteiger charge is 2.32. The lowest BCUT2D eigenvalue weighted by Crippen LogP contribution is -2.42. The van der Waals surface area contributed by atoms with Gasteiger partial charge in [0.2, 0.25) is 15.9 Å². The van der Waals surface area contributed by atoms with E-state index in [0.29, 0.717) is 32.5 Å². The first-order chi connectivity index (χ1) is 15.5. The van der Waals surface area contributed by atoms with Crippen LogP contribution in [0.3, 0.4) is 0 Å². The van der Waals surface area contributed by atoms with Crippen LogP contribution in [0, 0.1) is 5.92 Å². The fraction of sp³-hybridized carbons (Fsp3) is 0.522. The number of rotatable bonds is 6. The van der Waals surface area contributed by atoms with Gasteiger partial charge in [-0.15, -0.1) is 0 Å². The molecule has 2 aromatic heterocycles. The van der Waals surface area contributed by atoms with E-state index < -0.39 is 10.0 Å². The Balaban J connectivity index is 1.25. The molecular weight excluding hydrogens is 426 g/mol. The van der Waals surface area contributed by atoms with Gasteiger partial charge in [-0.05, 0) is 49.4 Å². The van der Waals surface area contributed by atoms with Crippen LogP contribution in [0.15, 0.2) is 47.8 Å². The molecule has 4 rings (SSSR count). The van der Waals surface area contributed by atoms with Crippen molar-refractivity contribution in [1.82, 2.24) is 19.6 Å². The molecule has 0 aromatic carbocycles. The van der Waals surface area contributed by atoms with Crippen molar-refractivity contribution >= 4 is 21.7 Å². The minimum absolute atomic E-state index is 0.0278. The van der Waals surface area contributed by atoms with Crippen LogP contribution in [0.1, 0.15) is 44.1 Å². The zero-order valence-corrected chi connectivity index (χ0v) is 19.1. The van der Waals surface area contributed by atoms with Crippen molar-refractivity contribution < 1.29 is 13.2 Å². The highest BCUT2D eigenvalue weighted by atomic mass is 32.2. The summed E-state index contributed by atoms with van der Waals surface area (Å²) < 4.78 is 26.9. The third kappa shape index (κ3) is 5.45. The number of piperidine rings is 1. The van der Waals surface area contributed by atoms with Crippen LogP contribution in [0.25, 0.3) is 0 Å². The van der Waals surface area contributed by atoms with Gasteiger partial charge in [-0.3, -0.25) is 9.78 Å². The van der Waals surface area contributed by atoms with Gasteiger partial charge in [0, 0.05) is 57.2 Å². The fourth-order valence-corrected chi connectivity index (χ4v) is 5.78. The van der Waals surface area contributed by atoms with E-state index in [4.69, 9.17) is 0 Å². The van der Waals surface area contributed by atoms with E-state index >= 15 is 0 Å². The molecule has 172 valence electrons. The van der Waals surface area contributed by atoms with Gasteiger partial charge in [-0.1, -0.05) is 18.9 Å². The van der Waals surface area contributed by atoms with Gasteiger partial charge in [0.1, 0.15) is 10.7 Å². The average Bonchev–Trinajstić information content (AvgIpc) is 3.13. The number of hydrogen-bond donors (Lipinski definition) is 1. The average molecular weight is 458 g/mol. The molecule has 32 heavy (non-hydrogen) atoms. The lowest BCUT2D eigenvalue weighted by molar-refractivity contribution is -0.126. The van der Waals surface area contributed by atoms with E-state index in [1.807, 2.05) is 18.3 Å². The van der Waals surface area contributed by atoms with Crippen LogP contribution in [0.4, 0.5) is 5.82 Å². The maximum Gasteiger partial charge on any atom is 0.244 e. The third-order valence-corrected chi connectivity index (χ3v) is 8.19. The van der Waals surface area contributed by atoms with Crippen molar-refractivity contribution in [2.75, 3.05) is 31.1 Å². The summed E-state index contributed by atoms with van der Waals surface area (Å²) in [5, 5.41) is 2.99. The molecule has 0 bridgehead atoms. The summed E-state index contributed by atoms with van der Waals surface area (Å²) in [6, 6.07) is 7.22. The standard InChI is InChI=1S/C23H31N5O3S/c29-23(20-9-14-28(15-10-20)32(30,31)21-6-5-11-24-18-21)26-17-19-7-8-22(25-16-19)27-12-3-1-2-4-13-27/h5-8,11,16,18,20H,1-4,9-10,12-15,17H2,(H,26,29). The molecular formula is C23H31N5O3S. The SMILES string of the molecule is O=C(NCc1ccc(N2CCCCCC2)nc1)C1CCN(S(=O)(=O)c2cccnc2)CC1. The number of anilines is 1. The molecule has 2 fully saturated rings. The van der Waals surface area contributed by atoms with Gasteiger partial charge < -0.3 is 10.2 Å². The van der Waals surface area contributed by atoms with Crippen LogP contribution in [-0.4, -0.2) is 54.8 Å². The van der Waals surface area contributed by atoms with E-state index in [0.717, 1.165) is 24.5 Å². The molecule has 2 aliphatic heterocycles. The van der Waals surface area contributed by atoms with Crippen molar-refractivity contribution in [1.29, 1.82) is 0 Å². The van der Waals surface area contributed by atoms with Gasteiger partial charge >= 0.3 is 0 Å². The van der Waals surface area contributed by atoms with Gasteiger partial charge in [-0.2, -0.15) is 4.31 Å². The zero-order valence-electron chi connectivity index (χ0n) is 18.3. The monoisotopic (exact) mass is 457 g/mol. The van der Waals surface area contributed by atoms with Crippen molar-refractivity contribution in [2.45, 2.75) is 50.0 Å². The summed E-state index contributed by atoms with van der Waals surface area (Å²) >= 11 is 0. The number of aromatic nitrogens is 2. The van der Waals surface area contributed by atoms with E-state index in [2.05, 4.69) is 20.2 Å². The Morgan fingerprint density at radius 2 is 1.75 bits per heavy atom. The Kier molecular flexibility index (Phi) is 7.36. The largest absolute Gasteiger partial charge is 0.357 e. The second-order valence-electron chi connectivity index (χ2n) is 8.51. The second-order valence-corrected chi connectivity index (χ2v) is 10.4. The van der Waals surface area contributed by atoms with E-state index in [1.54, 1.807) is 18.3 Å². The Morgan fingerprint density at radius 3 is 2.38 bits per heavy atom. The summed E-state index contributed by atoms with van der Waals surface area (Å²) in [4.78, 5) is 23.7. The molecule has 9 heteroatoms. The second kappa shape index (κ2) is 10.4. The summed E-state index contributed by atoms with van der Waals surface area (Å²) in [6.07, 6.45) is 10.8. The zero-order chi connectivity index (χ0) is 22.4. The Hall–Kier alpha value is -2.52. The molecule has 0 spiro atoms. The highest BCUT2D eigenvalue weighted by molar-refractivity contribution is 7.89. The first kappa shape index (κ1) is 22.7. The smallest absolute Gasteiger partial charge is 0.244 e. The molecule has 1 amide bonds. The summed E-state index contributed by atoms with van der Waals surface area (Å²) in [7, 11) is -3.56. The summed E-state index contributed by atoms with van der Waals surface area (Å²) in [5.41, 5.74) is 0.966.